The molecule has 0 radical (unpaired) electrons. The number of hydrogen-bond donors (Lipinski definition) is 1. The van der Waals surface area contributed by atoms with Crippen molar-refractivity contribution in [2.45, 2.75) is 32.2 Å². The van der Waals surface area contributed by atoms with Gasteiger partial charge in [-0.15, -0.1) is 0 Å². The summed E-state index contributed by atoms with van der Waals surface area (Å²) in [6.45, 7) is 2.28. The minimum Gasteiger partial charge on any atom is -0.345 e. The number of ether oxygens (including phenoxy) is 1. The summed E-state index contributed by atoms with van der Waals surface area (Å²) < 4.78 is 5.33. The van der Waals surface area contributed by atoms with Gasteiger partial charge in [0.05, 0.1) is 0 Å². The first-order valence-electron chi connectivity index (χ1n) is 3.26. The van der Waals surface area contributed by atoms with E-state index in [1.807, 2.05) is 0 Å². The van der Waals surface area contributed by atoms with Crippen molar-refractivity contribution >= 4 is 0 Å². The van der Waals surface area contributed by atoms with E-state index in [-0.39, 0.29) is 0 Å². The Bertz CT molecular complexity index is 88.7. The van der Waals surface area contributed by atoms with Crippen LogP contribution in [-0.2, 0) is 4.74 Å². The number of fused-ring (bicyclic) bond motifs is 2. The van der Waals surface area contributed by atoms with Crippen molar-refractivity contribution in [3.05, 3.63) is 0 Å². The highest BCUT2D eigenvalue weighted by molar-refractivity contribution is 4.81. The predicted molar refractivity (Wildman–Crippen MR) is 30.2 cm³/mol. The summed E-state index contributed by atoms with van der Waals surface area (Å²) in [7, 11) is 0. The molecule has 2 heteroatoms. The van der Waals surface area contributed by atoms with E-state index in [1.165, 1.54) is 12.8 Å². The average molecular weight is 113 g/mol. The Morgan fingerprint density at radius 3 is 2.12 bits per heavy atom. The van der Waals surface area contributed by atoms with Crippen LogP contribution in [0.4, 0.5) is 0 Å². The zero-order valence-electron chi connectivity index (χ0n) is 5.05. The second-order valence-corrected chi connectivity index (χ2v) is 2.86. The number of hydrogen-bond acceptors (Lipinski definition) is 2. The van der Waals surface area contributed by atoms with Gasteiger partial charge in [0.15, 0.2) is 0 Å². The summed E-state index contributed by atoms with van der Waals surface area (Å²) >= 11 is 0. The Labute approximate surface area is 49.2 Å². The van der Waals surface area contributed by atoms with E-state index in [0.29, 0.717) is 12.5 Å². The van der Waals surface area contributed by atoms with Gasteiger partial charge in [0, 0.05) is 0 Å². The second kappa shape index (κ2) is 1.45. The lowest BCUT2D eigenvalue weighted by molar-refractivity contribution is -0.205. The third-order valence-corrected chi connectivity index (χ3v) is 1.93. The van der Waals surface area contributed by atoms with Crippen LogP contribution >= 0.6 is 0 Å². The Kier molecular flexibility index (Phi) is 0.866. The van der Waals surface area contributed by atoms with Crippen molar-refractivity contribution in [2.75, 3.05) is 0 Å². The Balaban J connectivity index is 1.97. The zero-order chi connectivity index (χ0) is 5.56. The van der Waals surface area contributed by atoms with Crippen LogP contribution in [-0.4, -0.2) is 12.5 Å². The molecule has 2 atom stereocenters. The van der Waals surface area contributed by atoms with Crippen molar-refractivity contribution in [1.29, 1.82) is 0 Å². The maximum atomic E-state index is 5.33. The molecular formula is C6H11NO. The van der Waals surface area contributed by atoms with Crippen LogP contribution in [0.25, 0.3) is 0 Å². The molecular weight excluding hydrogens is 102 g/mol. The topological polar surface area (TPSA) is 21.3 Å². The third-order valence-electron chi connectivity index (χ3n) is 1.93. The highest BCUT2D eigenvalue weighted by Crippen LogP contribution is 2.29. The number of piperidine rings is 1. The smallest absolute Gasteiger partial charge is 0.112 e. The summed E-state index contributed by atoms with van der Waals surface area (Å²) in [6.07, 6.45) is 3.22. The largest absolute Gasteiger partial charge is 0.345 e. The lowest BCUT2D eigenvalue weighted by Gasteiger charge is -2.45. The molecule has 1 N–H and O–H groups in total. The van der Waals surface area contributed by atoms with E-state index in [2.05, 4.69) is 12.2 Å². The third kappa shape index (κ3) is 0.565. The first kappa shape index (κ1) is 4.77. The summed E-state index contributed by atoms with van der Waals surface area (Å²) in [5.74, 6) is 0.875. The van der Waals surface area contributed by atoms with Gasteiger partial charge in [-0.25, -0.2) is 0 Å². The molecule has 0 amide bonds. The minimum atomic E-state index is 0.406. The van der Waals surface area contributed by atoms with E-state index in [4.69, 9.17) is 4.74 Å². The van der Waals surface area contributed by atoms with Crippen LogP contribution in [0.5, 0.6) is 0 Å². The first-order valence-corrected chi connectivity index (χ1v) is 3.26. The highest BCUT2D eigenvalue weighted by atomic mass is 16.6. The van der Waals surface area contributed by atoms with Crippen molar-refractivity contribution in [2.24, 2.45) is 5.92 Å². The number of rotatable bonds is 0. The molecule has 3 rings (SSSR count). The van der Waals surface area contributed by atoms with Crippen LogP contribution in [0, 0.1) is 5.92 Å². The van der Waals surface area contributed by atoms with Crippen molar-refractivity contribution in [3.8, 4) is 0 Å². The summed E-state index contributed by atoms with van der Waals surface area (Å²) in [5.41, 5.74) is 0. The van der Waals surface area contributed by atoms with Gasteiger partial charge in [-0.3, -0.25) is 5.32 Å². The van der Waals surface area contributed by atoms with Crippen LogP contribution < -0.4 is 5.32 Å². The van der Waals surface area contributed by atoms with Gasteiger partial charge in [-0.2, -0.15) is 0 Å². The van der Waals surface area contributed by atoms with Crippen molar-refractivity contribution in [3.63, 3.8) is 0 Å². The predicted octanol–water partition coefficient (Wildman–Crippen LogP) is 0.688. The van der Waals surface area contributed by atoms with Crippen LogP contribution in [0.2, 0.25) is 0 Å². The Morgan fingerprint density at radius 1 is 1.38 bits per heavy atom. The fourth-order valence-electron chi connectivity index (χ4n) is 1.49. The standard InChI is InChI=1S/C6H11NO/c1-4-2-5-7-6(3-4)8-5/h4-7H,2-3H2,1H3. The van der Waals surface area contributed by atoms with E-state index in [0.717, 1.165) is 5.92 Å². The molecule has 2 bridgehead atoms. The van der Waals surface area contributed by atoms with E-state index >= 15 is 0 Å². The quantitative estimate of drug-likeness (QED) is 0.499. The molecule has 3 saturated heterocycles. The fraction of sp³-hybridized carbons (Fsp3) is 1.00. The van der Waals surface area contributed by atoms with Gasteiger partial charge in [-0.1, -0.05) is 6.92 Å². The summed E-state index contributed by atoms with van der Waals surface area (Å²) in [4.78, 5) is 0. The number of nitrogens with one attached hydrogen (secondary N) is 1. The average Bonchev–Trinajstić information content (AvgIpc) is 1.62. The molecule has 46 valence electrons. The molecule has 3 aliphatic rings. The molecule has 0 aliphatic carbocycles. The van der Waals surface area contributed by atoms with Crippen molar-refractivity contribution in [1.82, 2.24) is 5.32 Å². The molecule has 2 nitrogen and oxygen atoms in total. The summed E-state index contributed by atoms with van der Waals surface area (Å²) in [6, 6.07) is 0. The van der Waals surface area contributed by atoms with E-state index < -0.39 is 0 Å². The van der Waals surface area contributed by atoms with Crippen LogP contribution in [0.1, 0.15) is 19.8 Å². The van der Waals surface area contributed by atoms with Crippen LogP contribution in [0.15, 0.2) is 0 Å². The maximum absolute atomic E-state index is 5.33. The van der Waals surface area contributed by atoms with Gasteiger partial charge < -0.3 is 4.74 Å². The first-order chi connectivity index (χ1) is 3.84. The van der Waals surface area contributed by atoms with Gasteiger partial charge in [-0.05, 0) is 18.8 Å². The minimum absolute atomic E-state index is 0.406. The molecule has 0 aromatic heterocycles. The van der Waals surface area contributed by atoms with Gasteiger partial charge in [0.25, 0.3) is 0 Å². The normalized spacial score (nSPS) is 52.9. The fourth-order valence-corrected chi connectivity index (χ4v) is 1.49. The van der Waals surface area contributed by atoms with Gasteiger partial charge in [0.2, 0.25) is 0 Å². The van der Waals surface area contributed by atoms with Gasteiger partial charge in [0.1, 0.15) is 12.5 Å². The highest BCUT2D eigenvalue weighted by Gasteiger charge is 2.36. The van der Waals surface area contributed by atoms with Gasteiger partial charge >= 0.3 is 0 Å². The molecule has 0 saturated carbocycles. The lowest BCUT2D eigenvalue weighted by Crippen LogP contribution is -2.60. The maximum Gasteiger partial charge on any atom is 0.112 e. The van der Waals surface area contributed by atoms with Crippen LogP contribution in [0.3, 0.4) is 0 Å². The Morgan fingerprint density at radius 2 is 1.88 bits per heavy atom. The Hall–Kier alpha value is -0.0800. The monoisotopic (exact) mass is 113 g/mol. The molecule has 0 aromatic rings. The second-order valence-electron chi connectivity index (χ2n) is 2.86. The molecule has 3 heterocycles. The zero-order valence-corrected chi connectivity index (χ0v) is 5.05. The molecule has 8 heavy (non-hydrogen) atoms. The molecule has 0 spiro atoms. The molecule has 0 aromatic carbocycles. The van der Waals surface area contributed by atoms with Crippen molar-refractivity contribution < 1.29 is 4.74 Å². The summed E-state index contributed by atoms with van der Waals surface area (Å²) in [5, 5.41) is 3.29. The molecule has 2 unspecified atom stereocenters. The lowest BCUT2D eigenvalue weighted by atomic mass is 9.95. The van der Waals surface area contributed by atoms with E-state index in [1.54, 1.807) is 0 Å². The van der Waals surface area contributed by atoms with E-state index in [9.17, 15) is 0 Å². The molecule has 3 fully saturated rings. The SMILES string of the molecule is CC1CC2NC(C1)O2. The molecule has 3 aliphatic heterocycles.